The van der Waals surface area contributed by atoms with E-state index >= 15 is 0 Å². The van der Waals surface area contributed by atoms with Crippen molar-refractivity contribution in [3.63, 3.8) is 0 Å². The van der Waals surface area contributed by atoms with Crippen LogP contribution in [-0.2, 0) is 9.53 Å². The maximum absolute atomic E-state index is 11.2. The summed E-state index contributed by atoms with van der Waals surface area (Å²) < 4.78 is 4.93. The first-order valence-corrected chi connectivity index (χ1v) is 8.59. The van der Waals surface area contributed by atoms with E-state index in [9.17, 15) is 4.79 Å². The van der Waals surface area contributed by atoms with Gasteiger partial charge in [-0.1, -0.05) is 12.8 Å². The summed E-state index contributed by atoms with van der Waals surface area (Å²) in [5.41, 5.74) is 0. The third-order valence-corrected chi connectivity index (χ3v) is 5.26. The second-order valence-corrected chi connectivity index (χ2v) is 6.70. The van der Waals surface area contributed by atoms with Crippen molar-refractivity contribution in [2.24, 2.45) is 17.8 Å². The molecule has 4 atom stereocenters. The number of unbranched alkanes of at least 4 members (excludes halogenated alkanes) is 2. The summed E-state index contributed by atoms with van der Waals surface area (Å²) in [6.45, 7) is 5.82. The number of nitrogens with one attached hydrogen (secondary N) is 1. The molecule has 3 heteroatoms. The normalized spacial score (nSPS) is 29.6. The Bertz CT molecular complexity index is 305. The van der Waals surface area contributed by atoms with Crippen molar-refractivity contribution in [3.8, 4) is 0 Å². The van der Waals surface area contributed by atoms with Crippen molar-refractivity contribution < 1.29 is 9.53 Å². The van der Waals surface area contributed by atoms with Gasteiger partial charge in [-0.3, -0.25) is 4.79 Å². The molecule has 2 rings (SSSR count). The highest BCUT2D eigenvalue weighted by Crippen LogP contribution is 2.49. The molecule has 2 fully saturated rings. The second-order valence-electron chi connectivity index (χ2n) is 6.70. The first-order valence-electron chi connectivity index (χ1n) is 8.59. The number of carbonyl (C=O) groups excluding carboxylic acids is 1. The lowest BCUT2D eigenvalue weighted by Crippen LogP contribution is -2.36. The Balaban J connectivity index is 1.48. The van der Waals surface area contributed by atoms with Crippen LogP contribution in [-0.4, -0.2) is 25.2 Å². The van der Waals surface area contributed by atoms with Crippen LogP contribution in [0.25, 0.3) is 0 Å². The third-order valence-electron chi connectivity index (χ3n) is 5.26. The minimum Gasteiger partial charge on any atom is -0.466 e. The average Bonchev–Trinajstić information content (AvgIpc) is 3.05. The van der Waals surface area contributed by atoms with Crippen LogP contribution < -0.4 is 5.32 Å². The summed E-state index contributed by atoms with van der Waals surface area (Å²) in [4.78, 5) is 11.2. The Labute approximate surface area is 123 Å². The van der Waals surface area contributed by atoms with Crippen molar-refractivity contribution in [1.82, 2.24) is 5.32 Å². The number of carbonyl (C=O) groups is 1. The summed E-state index contributed by atoms with van der Waals surface area (Å²) >= 11 is 0. The molecule has 0 aromatic carbocycles. The lowest BCUT2D eigenvalue weighted by Gasteiger charge is -2.28. The van der Waals surface area contributed by atoms with Crippen LogP contribution in [0.1, 0.15) is 65.2 Å². The Morgan fingerprint density at radius 3 is 2.75 bits per heavy atom. The minimum absolute atomic E-state index is 0.0455. The maximum atomic E-state index is 11.2. The van der Waals surface area contributed by atoms with Gasteiger partial charge in [-0.05, 0) is 70.3 Å². The fourth-order valence-electron chi connectivity index (χ4n) is 4.19. The monoisotopic (exact) mass is 281 g/mol. The molecule has 2 saturated carbocycles. The van der Waals surface area contributed by atoms with Crippen LogP contribution in [0.5, 0.6) is 0 Å². The quantitative estimate of drug-likeness (QED) is 0.519. The van der Waals surface area contributed by atoms with Crippen molar-refractivity contribution in [3.05, 3.63) is 0 Å². The van der Waals surface area contributed by atoms with Gasteiger partial charge < -0.3 is 10.1 Å². The molecule has 3 nitrogen and oxygen atoms in total. The molecule has 4 unspecified atom stereocenters. The molecule has 1 N–H and O–H groups in total. The predicted molar refractivity (Wildman–Crippen MR) is 81.5 cm³/mol. The standard InChI is InChI=1S/C17H31NO2/c1-3-20-17(19)7-5-4-6-10-18-13(2)16-12-14-8-9-15(16)11-14/h13-16,18H,3-12H2,1-2H3. The van der Waals surface area contributed by atoms with E-state index in [0.29, 0.717) is 19.1 Å². The van der Waals surface area contributed by atoms with Crippen LogP contribution >= 0.6 is 0 Å². The molecule has 0 aliphatic heterocycles. The highest BCUT2D eigenvalue weighted by Gasteiger charge is 2.41. The molecule has 2 bridgehead atoms. The van der Waals surface area contributed by atoms with E-state index in [1.807, 2.05) is 6.92 Å². The Kier molecular flexibility index (Phi) is 6.34. The molecule has 0 aromatic rings. The second kappa shape index (κ2) is 8.02. The van der Waals surface area contributed by atoms with Crippen LogP contribution in [0.3, 0.4) is 0 Å². The summed E-state index contributed by atoms with van der Waals surface area (Å²) in [6, 6.07) is 0.676. The van der Waals surface area contributed by atoms with Gasteiger partial charge in [0, 0.05) is 12.5 Å². The molecule has 20 heavy (non-hydrogen) atoms. The first kappa shape index (κ1) is 15.8. The van der Waals surface area contributed by atoms with Crippen LogP contribution in [0.15, 0.2) is 0 Å². The van der Waals surface area contributed by atoms with Crippen LogP contribution in [0.2, 0.25) is 0 Å². The van der Waals surface area contributed by atoms with Crippen molar-refractivity contribution in [2.75, 3.05) is 13.2 Å². The molecule has 2 aliphatic carbocycles. The van der Waals surface area contributed by atoms with Gasteiger partial charge in [0.05, 0.1) is 6.61 Å². The SMILES string of the molecule is CCOC(=O)CCCCCNC(C)C1CC2CCC1C2. The van der Waals surface area contributed by atoms with E-state index in [1.165, 1.54) is 32.1 Å². The van der Waals surface area contributed by atoms with E-state index in [1.54, 1.807) is 0 Å². The Hall–Kier alpha value is -0.570. The first-order chi connectivity index (χ1) is 9.70. The number of hydrogen-bond donors (Lipinski definition) is 1. The summed E-state index contributed by atoms with van der Waals surface area (Å²) in [7, 11) is 0. The van der Waals surface area contributed by atoms with Crippen molar-refractivity contribution in [1.29, 1.82) is 0 Å². The summed E-state index contributed by atoms with van der Waals surface area (Å²) in [5.74, 6) is 2.93. The molecular formula is C17H31NO2. The minimum atomic E-state index is -0.0455. The van der Waals surface area contributed by atoms with E-state index in [0.717, 1.165) is 37.1 Å². The zero-order valence-corrected chi connectivity index (χ0v) is 13.2. The molecule has 0 heterocycles. The van der Waals surface area contributed by atoms with Gasteiger partial charge in [-0.25, -0.2) is 0 Å². The van der Waals surface area contributed by atoms with Crippen LogP contribution in [0.4, 0.5) is 0 Å². The van der Waals surface area contributed by atoms with Gasteiger partial charge in [0.15, 0.2) is 0 Å². The highest BCUT2D eigenvalue weighted by molar-refractivity contribution is 5.69. The fraction of sp³-hybridized carbons (Fsp3) is 0.941. The number of fused-ring (bicyclic) bond motifs is 2. The lowest BCUT2D eigenvalue weighted by molar-refractivity contribution is -0.143. The molecular weight excluding hydrogens is 250 g/mol. The zero-order valence-electron chi connectivity index (χ0n) is 13.2. The molecule has 0 amide bonds. The van der Waals surface area contributed by atoms with E-state index in [4.69, 9.17) is 4.74 Å². The number of ether oxygens (including phenoxy) is 1. The Morgan fingerprint density at radius 2 is 2.10 bits per heavy atom. The smallest absolute Gasteiger partial charge is 0.305 e. The topological polar surface area (TPSA) is 38.3 Å². The van der Waals surface area contributed by atoms with Gasteiger partial charge in [0.25, 0.3) is 0 Å². The maximum Gasteiger partial charge on any atom is 0.305 e. The summed E-state index contributed by atoms with van der Waals surface area (Å²) in [6.07, 6.45) is 9.75. The number of rotatable bonds is 9. The van der Waals surface area contributed by atoms with Gasteiger partial charge in [-0.15, -0.1) is 0 Å². The Morgan fingerprint density at radius 1 is 1.25 bits per heavy atom. The molecule has 0 radical (unpaired) electrons. The lowest BCUT2D eigenvalue weighted by atomic mass is 9.84. The zero-order chi connectivity index (χ0) is 14.4. The summed E-state index contributed by atoms with van der Waals surface area (Å²) in [5, 5.41) is 3.71. The average molecular weight is 281 g/mol. The van der Waals surface area contributed by atoms with Crippen LogP contribution in [0, 0.1) is 17.8 Å². The molecule has 0 saturated heterocycles. The fourth-order valence-corrected chi connectivity index (χ4v) is 4.19. The third kappa shape index (κ3) is 4.47. The van der Waals surface area contributed by atoms with E-state index < -0.39 is 0 Å². The van der Waals surface area contributed by atoms with E-state index in [2.05, 4.69) is 12.2 Å². The molecule has 116 valence electrons. The molecule has 0 aromatic heterocycles. The van der Waals surface area contributed by atoms with Gasteiger partial charge in [-0.2, -0.15) is 0 Å². The predicted octanol–water partition coefficient (Wildman–Crippen LogP) is 3.52. The van der Waals surface area contributed by atoms with Gasteiger partial charge >= 0.3 is 5.97 Å². The van der Waals surface area contributed by atoms with Crippen molar-refractivity contribution in [2.45, 2.75) is 71.3 Å². The number of hydrogen-bond acceptors (Lipinski definition) is 3. The van der Waals surface area contributed by atoms with Gasteiger partial charge in [0.1, 0.15) is 0 Å². The number of esters is 1. The van der Waals surface area contributed by atoms with E-state index in [-0.39, 0.29) is 5.97 Å². The van der Waals surface area contributed by atoms with Crippen molar-refractivity contribution >= 4 is 5.97 Å². The highest BCUT2D eigenvalue weighted by atomic mass is 16.5. The molecule has 2 aliphatic rings. The van der Waals surface area contributed by atoms with Gasteiger partial charge in [0.2, 0.25) is 0 Å². The molecule has 0 spiro atoms. The largest absolute Gasteiger partial charge is 0.466 e.